The number of amides is 2. The minimum Gasteiger partial charge on any atom is -0.497 e. The first-order valence-electron chi connectivity index (χ1n) is 8.91. The first-order chi connectivity index (χ1) is 12.1. The van der Waals surface area contributed by atoms with Crippen LogP contribution in [0.15, 0.2) is 35.9 Å². The lowest BCUT2D eigenvalue weighted by molar-refractivity contribution is -0.134. The van der Waals surface area contributed by atoms with Crippen LogP contribution in [-0.4, -0.2) is 36.9 Å². The van der Waals surface area contributed by atoms with E-state index in [-0.39, 0.29) is 18.4 Å². The topological polar surface area (TPSA) is 58.6 Å². The lowest BCUT2D eigenvalue weighted by atomic mass is 9.97. The van der Waals surface area contributed by atoms with Gasteiger partial charge in [0.05, 0.1) is 13.7 Å². The lowest BCUT2D eigenvalue weighted by Crippen LogP contribution is -2.40. The highest BCUT2D eigenvalue weighted by atomic mass is 16.5. The van der Waals surface area contributed by atoms with Gasteiger partial charge in [-0.05, 0) is 49.8 Å². The molecule has 1 aliphatic carbocycles. The molecule has 1 aromatic carbocycles. The summed E-state index contributed by atoms with van der Waals surface area (Å²) in [5, 5.41) is 2.87. The van der Waals surface area contributed by atoms with Crippen molar-refractivity contribution in [3.63, 3.8) is 0 Å². The smallest absolute Gasteiger partial charge is 0.239 e. The Morgan fingerprint density at radius 1 is 1.20 bits per heavy atom. The van der Waals surface area contributed by atoms with Crippen LogP contribution in [0.4, 0.5) is 0 Å². The summed E-state index contributed by atoms with van der Waals surface area (Å²) >= 11 is 0. The Kier molecular flexibility index (Phi) is 7.51. The summed E-state index contributed by atoms with van der Waals surface area (Å²) in [7, 11) is 1.62. The highest BCUT2D eigenvalue weighted by molar-refractivity contribution is 5.83. The Balaban J connectivity index is 1.78. The molecular weight excluding hydrogens is 316 g/mol. The van der Waals surface area contributed by atoms with E-state index >= 15 is 0 Å². The van der Waals surface area contributed by atoms with E-state index in [4.69, 9.17) is 4.74 Å². The summed E-state index contributed by atoms with van der Waals surface area (Å²) in [6.45, 7) is 2.68. The van der Waals surface area contributed by atoms with Crippen LogP contribution < -0.4 is 10.1 Å². The molecule has 25 heavy (non-hydrogen) atoms. The average Bonchev–Trinajstić information content (AvgIpc) is 2.64. The molecule has 0 bridgehead atoms. The number of nitrogens with zero attached hydrogens (tertiary/aromatic N) is 1. The molecule has 0 fully saturated rings. The van der Waals surface area contributed by atoms with E-state index in [1.54, 1.807) is 12.0 Å². The molecule has 0 heterocycles. The third-order valence-electron chi connectivity index (χ3n) is 4.52. The van der Waals surface area contributed by atoms with Crippen molar-refractivity contribution in [3.05, 3.63) is 41.5 Å². The van der Waals surface area contributed by atoms with E-state index in [0.29, 0.717) is 13.1 Å². The van der Waals surface area contributed by atoms with Crippen molar-refractivity contribution in [1.29, 1.82) is 0 Å². The fourth-order valence-electron chi connectivity index (χ4n) is 2.93. The van der Waals surface area contributed by atoms with Crippen molar-refractivity contribution in [2.45, 2.75) is 45.6 Å². The first kappa shape index (κ1) is 19.0. The minimum atomic E-state index is -0.136. The van der Waals surface area contributed by atoms with Crippen LogP contribution in [0.25, 0.3) is 0 Å². The molecule has 0 saturated carbocycles. The van der Waals surface area contributed by atoms with E-state index in [9.17, 15) is 9.59 Å². The maximum atomic E-state index is 12.2. The van der Waals surface area contributed by atoms with Gasteiger partial charge >= 0.3 is 0 Å². The number of rotatable bonds is 8. The van der Waals surface area contributed by atoms with Gasteiger partial charge in [0.2, 0.25) is 11.8 Å². The zero-order chi connectivity index (χ0) is 18.1. The molecule has 1 aliphatic rings. The normalized spacial score (nSPS) is 13.8. The fraction of sp³-hybridized carbons (Fsp3) is 0.500. The van der Waals surface area contributed by atoms with E-state index in [1.807, 2.05) is 24.3 Å². The van der Waals surface area contributed by atoms with E-state index in [0.717, 1.165) is 30.6 Å². The SMILES string of the molecule is COc1ccc(CNC(=O)CN(CCC2=CCCCC2)C(C)=O)cc1. The quantitative estimate of drug-likeness (QED) is 0.738. The molecule has 0 radical (unpaired) electrons. The van der Waals surface area contributed by atoms with E-state index in [2.05, 4.69) is 11.4 Å². The molecule has 5 nitrogen and oxygen atoms in total. The van der Waals surface area contributed by atoms with Crippen molar-refractivity contribution in [1.82, 2.24) is 10.2 Å². The van der Waals surface area contributed by atoms with Gasteiger partial charge in [-0.15, -0.1) is 0 Å². The number of carbonyl (C=O) groups is 2. The Morgan fingerprint density at radius 2 is 1.96 bits per heavy atom. The first-order valence-corrected chi connectivity index (χ1v) is 8.91. The number of ether oxygens (including phenoxy) is 1. The molecule has 2 rings (SSSR count). The van der Waals surface area contributed by atoms with Crippen LogP contribution >= 0.6 is 0 Å². The summed E-state index contributed by atoms with van der Waals surface area (Å²) in [6.07, 6.45) is 7.89. The highest BCUT2D eigenvalue weighted by Gasteiger charge is 2.14. The summed E-state index contributed by atoms with van der Waals surface area (Å²) in [4.78, 5) is 25.6. The van der Waals surface area contributed by atoms with Crippen LogP contribution in [0, 0.1) is 0 Å². The van der Waals surface area contributed by atoms with Gasteiger partial charge in [-0.2, -0.15) is 0 Å². The molecule has 0 atom stereocenters. The second-order valence-electron chi connectivity index (χ2n) is 6.42. The predicted molar refractivity (Wildman–Crippen MR) is 98.3 cm³/mol. The zero-order valence-electron chi connectivity index (χ0n) is 15.2. The van der Waals surface area contributed by atoms with Crippen molar-refractivity contribution in [2.24, 2.45) is 0 Å². The monoisotopic (exact) mass is 344 g/mol. The maximum Gasteiger partial charge on any atom is 0.239 e. The van der Waals surface area contributed by atoms with Gasteiger partial charge in [0, 0.05) is 20.0 Å². The summed E-state index contributed by atoms with van der Waals surface area (Å²) in [5.74, 6) is 0.592. The molecule has 0 spiro atoms. The molecule has 2 amide bonds. The summed E-state index contributed by atoms with van der Waals surface area (Å²) in [5.41, 5.74) is 2.41. The van der Waals surface area contributed by atoms with Crippen LogP contribution in [0.3, 0.4) is 0 Å². The van der Waals surface area contributed by atoms with Crippen molar-refractivity contribution in [2.75, 3.05) is 20.2 Å². The van der Waals surface area contributed by atoms with Gasteiger partial charge in [0.15, 0.2) is 0 Å². The second kappa shape index (κ2) is 9.87. The summed E-state index contributed by atoms with van der Waals surface area (Å²) < 4.78 is 5.11. The molecule has 5 heteroatoms. The largest absolute Gasteiger partial charge is 0.497 e. The number of hydrogen-bond acceptors (Lipinski definition) is 3. The van der Waals surface area contributed by atoms with Crippen molar-refractivity contribution < 1.29 is 14.3 Å². The molecule has 136 valence electrons. The number of nitrogens with one attached hydrogen (secondary N) is 1. The molecular formula is C20H28N2O3. The lowest BCUT2D eigenvalue weighted by Gasteiger charge is -2.22. The van der Waals surface area contributed by atoms with Gasteiger partial charge in [0.25, 0.3) is 0 Å². The van der Waals surface area contributed by atoms with E-state index in [1.165, 1.54) is 25.3 Å². The van der Waals surface area contributed by atoms with Crippen LogP contribution in [0.1, 0.15) is 44.6 Å². The molecule has 0 unspecified atom stereocenters. The number of benzene rings is 1. The van der Waals surface area contributed by atoms with Crippen LogP contribution in [-0.2, 0) is 16.1 Å². The molecule has 1 aromatic rings. The number of methoxy groups -OCH3 is 1. The Morgan fingerprint density at radius 3 is 2.56 bits per heavy atom. The van der Waals surface area contributed by atoms with Gasteiger partial charge in [-0.3, -0.25) is 9.59 Å². The number of hydrogen-bond donors (Lipinski definition) is 1. The Labute approximate surface area is 150 Å². The van der Waals surface area contributed by atoms with Crippen molar-refractivity contribution >= 4 is 11.8 Å². The fourth-order valence-corrected chi connectivity index (χ4v) is 2.93. The van der Waals surface area contributed by atoms with Gasteiger partial charge in [-0.25, -0.2) is 0 Å². The Bertz CT molecular complexity index is 608. The standard InChI is InChI=1S/C20H28N2O3/c1-16(23)22(13-12-17-6-4-3-5-7-17)15-20(24)21-14-18-8-10-19(25-2)11-9-18/h6,8-11H,3-5,7,12-15H2,1-2H3,(H,21,24). The molecule has 0 saturated heterocycles. The van der Waals surface area contributed by atoms with E-state index < -0.39 is 0 Å². The number of carbonyl (C=O) groups excluding carboxylic acids is 2. The van der Waals surface area contributed by atoms with Gasteiger partial charge < -0.3 is 15.0 Å². The second-order valence-corrected chi connectivity index (χ2v) is 6.42. The maximum absolute atomic E-state index is 12.2. The third kappa shape index (κ3) is 6.61. The van der Waals surface area contributed by atoms with Crippen LogP contribution in [0.2, 0.25) is 0 Å². The van der Waals surface area contributed by atoms with Gasteiger partial charge in [0.1, 0.15) is 5.75 Å². The molecule has 0 aromatic heterocycles. The summed E-state index contributed by atoms with van der Waals surface area (Å²) in [6, 6.07) is 7.55. The van der Waals surface area contributed by atoms with Gasteiger partial charge in [-0.1, -0.05) is 23.8 Å². The predicted octanol–water partition coefficient (Wildman–Crippen LogP) is 3.05. The van der Waals surface area contributed by atoms with Crippen molar-refractivity contribution in [3.8, 4) is 5.75 Å². The molecule has 1 N–H and O–H groups in total. The van der Waals surface area contributed by atoms with Crippen LogP contribution in [0.5, 0.6) is 5.75 Å². The average molecular weight is 344 g/mol. The Hall–Kier alpha value is -2.30. The molecule has 0 aliphatic heterocycles. The zero-order valence-corrected chi connectivity index (χ0v) is 15.2. The number of allylic oxidation sites excluding steroid dienone is 1. The third-order valence-corrected chi connectivity index (χ3v) is 4.52. The minimum absolute atomic E-state index is 0.0593. The highest BCUT2D eigenvalue weighted by Crippen LogP contribution is 2.20.